The minimum absolute atomic E-state index is 0.0514. The molecule has 2 N–H and O–H groups in total. The fourth-order valence-corrected chi connectivity index (χ4v) is 3.08. The molecule has 1 aliphatic heterocycles. The molecule has 0 aromatic heterocycles. The van der Waals surface area contributed by atoms with Gasteiger partial charge in [0, 0.05) is 19.1 Å². The molecule has 1 saturated heterocycles. The predicted molar refractivity (Wildman–Crippen MR) is 73.5 cm³/mol. The van der Waals surface area contributed by atoms with Gasteiger partial charge in [0.1, 0.15) is 0 Å². The Kier molecular flexibility index (Phi) is 5.45. The van der Waals surface area contributed by atoms with Crippen LogP contribution in [0.5, 0.6) is 0 Å². The van der Waals surface area contributed by atoms with Crippen LogP contribution in [0.3, 0.4) is 0 Å². The predicted octanol–water partition coefficient (Wildman–Crippen LogP) is 1.12. The summed E-state index contributed by atoms with van der Waals surface area (Å²) in [6, 6.07) is 0.797. The molecular formula is C14H27N3O. The van der Waals surface area contributed by atoms with Crippen LogP contribution < -0.4 is 10.6 Å². The van der Waals surface area contributed by atoms with Gasteiger partial charge >= 0.3 is 0 Å². The summed E-state index contributed by atoms with van der Waals surface area (Å²) in [6.07, 6.45) is 8.76. The Morgan fingerprint density at radius 2 is 1.94 bits per heavy atom. The van der Waals surface area contributed by atoms with E-state index in [2.05, 4.69) is 22.6 Å². The van der Waals surface area contributed by atoms with Gasteiger partial charge in [0.25, 0.3) is 0 Å². The van der Waals surface area contributed by atoms with Gasteiger partial charge in [-0.05, 0) is 39.3 Å². The number of piperidine rings is 1. The third-order valence-electron chi connectivity index (χ3n) is 4.34. The maximum Gasteiger partial charge on any atom is 0.237 e. The molecule has 1 saturated carbocycles. The van der Waals surface area contributed by atoms with Crippen LogP contribution in [0.25, 0.3) is 0 Å². The molecule has 0 unspecified atom stereocenters. The Labute approximate surface area is 110 Å². The molecule has 18 heavy (non-hydrogen) atoms. The standard InChI is InChI=1S/C14H27N3O/c1-17(12-6-2-3-7-12)11-10-16-14(18)13-8-4-5-9-15-13/h12-13,15H,2-11H2,1H3,(H,16,18)/t13-/m1/s1. The summed E-state index contributed by atoms with van der Waals surface area (Å²) in [7, 11) is 2.18. The molecule has 4 nitrogen and oxygen atoms in total. The second-order valence-electron chi connectivity index (χ2n) is 5.71. The van der Waals surface area contributed by atoms with Crippen LogP contribution in [-0.2, 0) is 4.79 Å². The monoisotopic (exact) mass is 253 g/mol. The van der Waals surface area contributed by atoms with Crippen LogP contribution in [0, 0.1) is 0 Å². The molecule has 1 heterocycles. The highest BCUT2D eigenvalue weighted by Crippen LogP contribution is 2.21. The molecule has 2 aliphatic rings. The van der Waals surface area contributed by atoms with E-state index in [1.165, 1.54) is 38.5 Å². The summed E-state index contributed by atoms with van der Waals surface area (Å²) in [6.45, 7) is 2.74. The molecule has 2 rings (SSSR count). The first-order valence-corrected chi connectivity index (χ1v) is 7.48. The second-order valence-corrected chi connectivity index (χ2v) is 5.71. The number of hydrogen-bond acceptors (Lipinski definition) is 3. The molecular weight excluding hydrogens is 226 g/mol. The van der Waals surface area contributed by atoms with E-state index >= 15 is 0 Å². The van der Waals surface area contributed by atoms with Crippen molar-refractivity contribution in [2.45, 2.75) is 57.0 Å². The lowest BCUT2D eigenvalue weighted by atomic mass is 10.0. The third-order valence-corrected chi connectivity index (χ3v) is 4.34. The van der Waals surface area contributed by atoms with Crippen LogP contribution >= 0.6 is 0 Å². The van der Waals surface area contributed by atoms with Crippen molar-refractivity contribution in [1.29, 1.82) is 0 Å². The highest BCUT2D eigenvalue weighted by atomic mass is 16.2. The van der Waals surface area contributed by atoms with Crippen LogP contribution in [-0.4, -0.2) is 49.6 Å². The number of nitrogens with zero attached hydrogens (tertiary/aromatic N) is 1. The van der Waals surface area contributed by atoms with Gasteiger partial charge in [0.2, 0.25) is 5.91 Å². The second kappa shape index (κ2) is 7.10. The van der Waals surface area contributed by atoms with Gasteiger partial charge in [-0.15, -0.1) is 0 Å². The SMILES string of the molecule is CN(CCNC(=O)[C@H]1CCCCN1)C1CCCC1. The topological polar surface area (TPSA) is 44.4 Å². The Morgan fingerprint density at radius 1 is 1.22 bits per heavy atom. The molecule has 0 aromatic rings. The highest BCUT2D eigenvalue weighted by molar-refractivity contribution is 5.81. The molecule has 0 spiro atoms. The van der Waals surface area contributed by atoms with Crippen molar-refractivity contribution in [3.05, 3.63) is 0 Å². The lowest BCUT2D eigenvalue weighted by Gasteiger charge is -2.26. The van der Waals surface area contributed by atoms with E-state index < -0.39 is 0 Å². The van der Waals surface area contributed by atoms with Crippen LogP contribution in [0.15, 0.2) is 0 Å². The van der Waals surface area contributed by atoms with Gasteiger partial charge in [0.15, 0.2) is 0 Å². The largest absolute Gasteiger partial charge is 0.353 e. The van der Waals surface area contributed by atoms with Crippen LogP contribution in [0.1, 0.15) is 44.9 Å². The van der Waals surface area contributed by atoms with Gasteiger partial charge in [-0.3, -0.25) is 4.79 Å². The fraction of sp³-hybridized carbons (Fsp3) is 0.929. The van der Waals surface area contributed by atoms with Crippen molar-refractivity contribution in [1.82, 2.24) is 15.5 Å². The van der Waals surface area contributed by atoms with E-state index in [0.29, 0.717) is 0 Å². The Balaban J connectivity index is 1.60. The molecule has 2 fully saturated rings. The maximum absolute atomic E-state index is 11.9. The summed E-state index contributed by atoms with van der Waals surface area (Å²) in [5.41, 5.74) is 0. The number of hydrogen-bond donors (Lipinski definition) is 2. The minimum atomic E-state index is 0.0514. The first kappa shape index (κ1) is 13.8. The molecule has 0 radical (unpaired) electrons. The van der Waals surface area contributed by atoms with Gasteiger partial charge in [0.05, 0.1) is 6.04 Å². The van der Waals surface area contributed by atoms with E-state index in [1.54, 1.807) is 0 Å². The number of carbonyl (C=O) groups excluding carboxylic acids is 1. The summed E-state index contributed by atoms with van der Waals surface area (Å²) in [4.78, 5) is 14.3. The Hall–Kier alpha value is -0.610. The van der Waals surface area contributed by atoms with E-state index in [0.717, 1.165) is 32.1 Å². The van der Waals surface area contributed by atoms with Gasteiger partial charge in [-0.1, -0.05) is 19.3 Å². The van der Waals surface area contributed by atoms with E-state index in [4.69, 9.17) is 0 Å². The first-order chi connectivity index (χ1) is 8.77. The zero-order valence-corrected chi connectivity index (χ0v) is 11.6. The molecule has 4 heteroatoms. The number of likely N-dealkylation sites (N-methyl/N-ethyl adjacent to an activating group) is 1. The summed E-state index contributed by atoms with van der Waals surface area (Å²) in [5.74, 6) is 0.189. The lowest BCUT2D eigenvalue weighted by Crippen LogP contribution is -2.48. The zero-order valence-electron chi connectivity index (χ0n) is 11.6. The number of carbonyl (C=O) groups is 1. The van der Waals surface area contributed by atoms with E-state index in [-0.39, 0.29) is 11.9 Å². The first-order valence-electron chi connectivity index (χ1n) is 7.48. The average Bonchev–Trinajstić information content (AvgIpc) is 2.93. The zero-order chi connectivity index (χ0) is 12.8. The number of amides is 1. The molecule has 0 bridgehead atoms. The van der Waals surface area contributed by atoms with Gasteiger partial charge < -0.3 is 15.5 Å². The number of nitrogens with one attached hydrogen (secondary N) is 2. The minimum Gasteiger partial charge on any atom is -0.353 e. The van der Waals surface area contributed by atoms with Crippen molar-refractivity contribution < 1.29 is 4.79 Å². The van der Waals surface area contributed by atoms with Crippen molar-refractivity contribution in [3.63, 3.8) is 0 Å². The summed E-state index contributed by atoms with van der Waals surface area (Å²) < 4.78 is 0. The molecule has 104 valence electrons. The fourth-order valence-electron chi connectivity index (χ4n) is 3.08. The maximum atomic E-state index is 11.9. The van der Waals surface area contributed by atoms with Crippen molar-refractivity contribution in [3.8, 4) is 0 Å². The summed E-state index contributed by atoms with van der Waals surface area (Å²) >= 11 is 0. The van der Waals surface area contributed by atoms with Crippen LogP contribution in [0.2, 0.25) is 0 Å². The Bertz CT molecular complexity index is 258. The summed E-state index contributed by atoms with van der Waals surface area (Å²) in [5, 5.41) is 6.35. The van der Waals surface area contributed by atoms with Gasteiger partial charge in [-0.2, -0.15) is 0 Å². The highest BCUT2D eigenvalue weighted by Gasteiger charge is 2.21. The van der Waals surface area contributed by atoms with E-state index in [1.807, 2.05) is 0 Å². The molecule has 1 aliphatic carbocycles. The lowest BCUT2D eigenvalue weighted by molar-refractivity contribution is -0.123. The van der Waals surface area contributed by atoms with E-state index in [9.17, 15) is 4.79 Å². The van der Waals surface area contributed by atoms with Crippen molar-refractivity contribution in [2.24, 2.45) is 0 Å². The smallest absolute Gasteiger partial charge is 0.237 e. The third kappa shape index (κ3) is 3.95. The molecule has 0 aromatic carbocycles. The van der Waals surface area contributed by atoms with Crippen LogP contribution in [0.4, 0.5) is 0 Å². The number of rotatable bonds is 5. The van der Waals surface area contributed by atoms with Gasteiger partial charge in [-0.25, -0.2) is 0 Å². The molecule has 1 atom stereocenters. The normalized spacial score (nSPS) is 25.6. The Morgan fingerprint density at radius 3 is 2.61 bits per heavy atom. The molecule has 1 amide bonds. The van der Waals surface area contributed by atoms with Crippen molar-refractivity contribution >= 4 is 5.91 Å². The van der Waals surface area contributed by atoms with Crippen molar-refractivity contribution in [2.75, 3.05) is 26.7 Å². The average molecular weight is 253 g/mol. The quantitative estimate of drug-likeness (QED) is 0.772.